The minimum atomic E-state index is -3.52. The van der Waals surface area contributed by atoms with E-state index < -0.39 is 22.1 Å². The average Bonchev–Trinajstić information content (AvgIpc) is 1.59. The molecule has 0 fully saturated rings. The van der Waals surface area contributed by atoms with Crippen LogP contribution in [0, 0.1) is 6.29 Å². The third kappa shape index (κ3) is 4.68. The van der Waals surface area contributed by atoms with E-state index in [0.717, 1.165) is 0 Å². The highest BCUT2D eigenvalue weighted by molar-refractivity contribution is 7.89. The molecule has 0 aromatic heterocycles. The van der Waals surface area contributed by atoms with E-state index >= 15 is 0 Å². The summed E-state index contributed by atoms with van der Waals surface area (Å²) in [6.45, 7) is 1.85. The molecule has 1 radical (unpaired) electrons. The molecule has 0 aliphatic rings. The van der Waals surface area contributed by atoms with Crippen LogP contribution in [0.25, 0.3) is 0 Å². The molecule has 0 bridgehead atoms. The van der Waals surface area contributed by atoms with Crippen molar-refractivity contribution < 1.29 is 18.6 Å². The molecule has 0 spiro atoms. The normalized spacial score (nSPS) is 12.4. The molecule has 0 aromatic carbocycles. The first-order valence-electron chi connectivity index (χ1n) is 2.69. The van der Waals surface area contributed by atoms with Crippen LogP contribution in [0.3, 0.4) is 0 Å². The Kier molecular flexibility index (Phi) is 3.80. The molecule has 0 heterocycles. The summed E-state index contributed by atoms with van der Waals surface area (Å²) in [7, 11) is -3.52. The summed E-state index contributed by atoms with van der Waals surface area (Å²) in [5, 5.41) is 16.3. The van der Waals surface area contributed by atoms with Crippen LogP contribution >= 0.6 is 0 Å². The Morgan fingerprint density at radius 1 is 1.50 bits per heavy atom. The fraction of sp³-hybridized carbons (Fsp3) is 0.750. The molecule has 0 aliphatic carbocycles. The monoisotopic (exact) mass is 168 g/mol. The van der Waals surface area contributed by atoms with E-state index in [-0.39, 0.29) is 6.54 Å². The summed E-state index contributed by atoms with van der Waals surface area (Å²) in [4.78, 5) is 0. The fourth-order valence-electron chi connectivity index (χ4n) is 0.441. The molecule has 61 valence electrons. The van der Waals surface area contributed by atoms with E-state index in [1.807, 2.05) is 0 Å². The van der Waals surface area contributed by atoms with E-state index in [1.54, 1.807) is 6.92 Å². The van der Waals surface area contributed by atoms with E-state index in [4.69, 9.17) is 10.2 Å². The van der Waals surface area contributed by atoms with Crippen LogP contribution in [-0.2, 0) is 10.0 Å². The van der Waals surface area contributed by atoms with Crippen molar-refractivity contribution >= 4 is 10.0 Å². The van der Waals surface area contributed by atoms with Crippen LogP contribution in [-0.4, -0.2) is 30.9 Å². The summed E-state index contributed by atoms with van der Waals surface area (Å²) in [6.07, 6.45) is -1.10. The fourth-order valence-corrected chi connectivity index (χ4v) is 1.32. The SMILES string of the molecule is CCNS(=O)(=O)C[C](O)O. The lowest BCUT2D eigenvalue weighted by Crippen LogP contribution is -2.28. The van der Waals surface area contributed by atoms with Gasteiger partial charge in [0.2, 0.25) is 16.3 Å². The number of hydrogen-bond donors (Lipinski definition) is 3. The second-order valence-corrected chi connectivity index (χ2v) is 3.48. The Bertz CT molecular complexity index is 174. The van der Waals surface area contributed by atoms with Gasteiger partial charge in [0, 0.05) is 6.54 Å². The van der Waals surface area contributed by atoms with Gasteiger partial charge in [-0.15, -0.1) is 0 Å². The zero-order valence-corrected chi connectivity index (χ0v) is 6.35. The van der Waals surface area contributed by atoms with Crippen LogP contribution in [0.15, 0.2) is 0 Å². The van der Waals surface area contributed by atoms with Crippen molar-refractivity contribution in [1.29, 1.82) is 0 Å². The molecule has 0 saturated carbocycles. The smallest absolute Gasteiger partial charge is 0.235 e. The number of nitrogens with one attached hydrogen (secondary N) is 1. The molecule has 3 N–H and O–H groups in total. The second-order valence-electron chi connectivity index (χ2n) is 1.67. The van der Waals surface area contributed by atoms with Crippen molar-refractivity contribution in [3.05, 3.63) is 6.29 Å². The number of aliphatic hydroxyl groups excluding tert-OH is 1. The van der Waals surface area contributed by atoms with Gasteiger partial charge in [-0.2, -0.15) is 0 Å². The first-order chi connectivity index (χ1) is 4.48. The molecule has 0 atom stereocenters. The van der Waals surface area contributed by atoms with Gasteiger partial charge in [-0.1, -0.05) is 6.92 Å². The lowest BCUT2D eigenvalue weighted by atomic mass is 10.8. The minimum Gasteiger partial charge on any atom is -0.361 e. The van der Waals surface area contributed by atoms with Gasteiger partial charge in [0.25, 0.3) is 0 Å². The highest BCUT2D eigenvalue weighted by Crippen LogP contribution is 1.92. The van der Waals surface area contributed by atoms with Gasteiger partial charge >= 0.3 is 0 Å². The van der Waals surface area contributed by atoms with Gasteiger partial charge < -0.3 is 10.2 Å². The number of hydrogen-bond acceptors (Lipinski definition) is 4. The second kappa shape index (κ2) is 3.87. The third-order valence-electron chi connectivity index (χ3n) is 0.683. The molecule has 10 heavy (non-hydrogen) atoms. The molecule has 0 aromatic rings. The summed E-state index contributed by atoms with van der Waals surface area (Å²) in [5.74, 6) is -0.749. The van der Waals surface area contributed by atoms with Crippen molar-refractivity contribution in [2.45, 2.75) is 6.92 Å². The van der Waals surface area contributed by atoms with Gasteiger partial charge in [-0.3, -0.25) is 0 Å². The Hall–Kier alpha value is -0.170. The molecule has 5 nitrogen and oxygen atoms in total. The van der Waals surface area contributed by atoms with Crippen LogP contribution in [0.4, 0.5) is 0 Å². The average molecular weight is 168 g/mol. The number of sulfonamides is 1. The first kappa shape index (κ1) is 9.83. The predicted molar refractivity (Wildman–Crippen MR) is 34.6 cm³/mol. The maximum Gasteiger partial charge on any atom is 0.235 e. The molecule has 6 heteroatoms. The molecule has 0 rings (SSSR count). The predicted octanol–water partition coefficient (Wildman–Crippen LogP) is -0.840. The largest absolute Gasteiger partial charge is 0.361 e. The van der Waals surface area contributed by atoms with E-state index in [2.05, 4.69) is 4.72 Å². The summed E-state index contributed by atoms with van der Waals surface area (Å²) in [6, 6.07) is 0. The molecular formula is C4H10NO4S. The Morgan fingerprint density at radius 2 is 2.00 bits per heavy atom. The van der Waals surface area contributed by atoms with Gasteiger partial charge in [0.1, 0.15) is 5.75 Å². The Labute approximate surface area is 59.7 Å². The van der Waals surface area contributed by atoms with Crippen molar-refractivity contribution in [1.82, 2.24) is 4.72 Å². The Morgan fingerprint density at radius 3 is 2.30 bits per heavy atom. The van der Waals surface area contributed by atoms with Gasteiger partial charge in [-0.05, 0) is 0 Å². The van der Waals surface area contributed by atoms with Crippen LogP contribution in [0.1, 0.15) is 6.92 Å². The van der Waals surface area contributed by atoms with Gasteiger partial charge in [-0.25, -0.2) is 13.1 Å². The Balaban J connectivity index is 3.89. The van der Waals surface area contributed by atoms with Crippen molar-refractivity contribution in [2.24, 2.45) is 0 Å². The van der Waals surface area contributed by atoms with Crippen LogP contribution in [0.2, 0.25) is 0 Å². The highest BCUT2D eigenvalue weighted by Gasteiger charge is 2.14. The molecule has 0 saturated heterocycles. The molecule has 0 unspecified atom stereocenters. The van der Waals surface area contributed by atoms with Crippen molar-refractivity contribution in [3.8, 4) is 0 Å². The maximum absolute atomic E-state index is 10.6. The summed E-state index contributed by atoms with van der Waals surface area (Å²) in [5.41, 5.74) is 0. The van der Waals surface area contributed by atoms with Crippen LogP contribution in [0.5, 0.6) is 0 Å². The molecular weight excluding hydrogens is 158 g/mol. The molecule has 0 amide bonds. The summed E-state index contributed by atoms with van der Waals surface area (Å²) >= 11 is 0. The lowest BCUT2D eigenvalue weighted by Gasteiger charge is -2.03. The minimum absolute atomic E-state index is 0.246. The van der Waals surface area contributed by atoms with Crippen molar-refractivity contribution in [3.63, 3.8) is 0 Å². The number of aliphatic hydroxyl groups is 2. The topological polar surface area (TPSA) is 86.6 Å². The first-order valence-corrected chi connectivity index (χ1v) is 4.34. The van der Waals surface area contributed by atoms with Crippen molar-refractivity contribution in [2.75, 3.05) is 12.3 Å². The third-order valence-corrected chi connectivity index (χ3v) is 2.05. The highest BCUT2D eigenvalue weighted by atomic mass is 32.2. The van der Waals surface area contributed by atoms with E-state index in [0.29, 0.717) is 0 Å². The quantitative estimate of drug-likeness (QED) is 0.511. The zero-order chi connectivity index (χ0) is 8.20. The number of rotatable bonds is 4. The summed E-state index contributed by atoms with van der Waals surface area (Å²) < 4.78 is 23.3. The van der Waals surface area contributed by atoms with Crippen LogP contribution < -0.4 is 4.72 Å². The van der Waals surface area contributed by atoms with Gasteiger partial charge in [0.15, 0.2) is 0 Å². The zero-order valence-electron chi connectivity index (χ0n) is 5.53. The lowest BCUT2D eigenvalue weighted by molar-refractivity contribution is 0.0960. The standard InChI is InChI=1S/C4H10NO4S/c1-2-5-10(8,9)3-4(6)7/h5-7H,2-3H2,1H3. The molecule has 0 aliphatic heterocycles. The van der Waals surface area contributed by atoms with E-state index in [9.17, 15) is 8.42 Å². The van der Waals surface area contributed by atoms with E-state index in [1.165, 1.54) is 0 Å². The van der Waals surface area contributed by atoms with Gasteiger partial charge in [0.05, 0.1) is 0 Å². The maximum atomic E-state index is 10.6.